The number of nitrogens with zero attached hydrogens (tertiary/aromatic N) is 2. The van der Waals surface area contributed by atoms with Crippen LogP contribution in [0.5, 0.6) is 0 Å². The van der Waals surface area contributed by atoms with E-state index in [4.69, 9.17) is 21.1 Å². The lowest BCUT2D eigenvalue weighted by Gasteiger charge is -2.30. The number of carbonyl (C=O) groups is 1. The van der Waals surface area contributed by atoms with Gasteiger partial charge in [0, 0.05) is 23.7 Å². The van der Waals surface area contributed by atoms with Crippen molar-refractivity contribution in [1.82, 2.24) is 0 Å². The summed E-state index contributed by atoms with van der Waals surface area (Å²) in [6, 6.07) is 9.50. The standard InChI is InChI=1S/C18H19ClN2O3S/c1-11-15(18(22)24-9-8-23-2)16(12-6-4-5-7-14(12)19)13(10-20)17(21-11)25-3/h4-7,13,16H,8-9H2,1-3H3/t13?,16-/m1/s1. The van der Waals surface area contributed by atoms with Gasteiger partial charge >= 0.3 is 5.97 Å². The van der Waals surface area contributed by atoms with Crippen molar-refractivity contribution in [1.29, 1.82) is 5.26 Å². The molecule has 2 rings (SSSR count). The molecule has 1 aliphatic rings. The first-order valence-electron chi connectivity index (χ1n) is 7.68. The minimum atomic E-state index is -0.594. The Morgan fingerprint density at radius 3 is 2.72 bits per heavy atom. The summed E-state index contributed by atoms with van der Waals surface area (Å²) in [7, 11) is 1.53. The van der Waals surface area contributed by atoms with E-state index in [9.17, 15) is 10.1 Å². The number of rotatable bonds is 5. The molecule has 132 valence electrons. The zero-order valence-corrected chi connectivity index (χ0v) is 15.9. The average molecular weight is 379 g/mol. The first-order chi connectivity index (χ1) is 12.0. The smallest absolute Gasteiger partial charge is 0.336 e. The lowest BCUT2D eigenvalue weighted by molar-refractivity contribution is -0.140. The van der Waals surface area contributed by atoms with Crippen molar-refractivity contribution >= 4 is 34.4 Å². The molecule has 0 amide bonds. The van der Waals surface area contributed by atoms with Crippen LogP contribution in [0.25, 0.3) is 0 Å². The van der Waals surface area contributed by atoms with Crippen LogP contribution in [0.3, 0.4) is 0 Å². The van der Waals surface area contributed by atoms with E-state index in [2.05, 4.69) is 11.1 Å². The third-order valence-electron chi connectivity index (χ3n) is 3.91. The lowest BCUT2D eigenvalue weighted by atomic mass is 9.79. The van der Waals surface area contributed by atoms with E-state index in [-0.39, 0.29) is 6.61 Å². The Labute approximate surface area is 156 Å². The number of halogens is 1. The summed E-state index contributed by atoms with van der Waals surface area (Å²) in [5, 5.41) is 10.9. The first-order valence-corrected chi connectivity index (χ1v) is 9.28. The molecule has 0 radical (unpaired) electrons. The number of thioether (sulfide) groups is 1. The molecule has 2 atom stereocenters. The monoisotopic (exact) mass is 378 g/mol. The minimum absolute atomic E-state index is 0.137. The second-order valence-electron chi connectivity index (χ2n) is 5.39. The van der Waals surface area contributed by atoms with E-state index in [0.29, 0.717) is 27.9 Å². The van der Waals surface area contributed by atoms with Crippen LogP contribution in [0.4, 0.5) is 0 Å². The fourth-order valence-corrected chi connectivity index (χ4v) is 3.69. The summed E-state index contributed by atoms with van der Waals surface area (Å²) in [5.41, 5.74) is 1.63. The molecule has 1 aliphatic heterocycles. The predicted octanol–water partition coefficient (Wildman–Crippen LogP) is 3.80. The number of ether oxygens (including phenoxy) is 2. The number of carbonyl (C=O) groups excluding carboxylic acids is 1. The van der Waals surface area contributed by atoms with Gasteiger partial charge in [-0.05, 0) is 24.8 Å². The fraction of sp³-hybridized carbons (Fsp3) is 0.389. The highest BCUT2D eigenvalue weighted by molar-refractivity contribution is 8.13. The van der Waals surface area contributed by atoms with Gasteiger partial charge in [0.15, 0.2) is 0 Å². The number of nitriles is 1. The molecule has 1 unspecified atom stereocenters. The van der Waals surface area contributed by atoms with E-state index in [1.165, 1.54) is 18.9 Å². The molecule has 0 saturated heterocycles. The molecule has 1 aromatic carbocycles. The molecular weight excluding hydrogens is 360 g/mol. The Morgan fingerprint density at radius 1 is 1.40 bits per heavy atom. The SMILES string of the molecule is COCCOC(=O)C1=C(C)N=C(SC)C(C#N)[C@H]1c1ccccc1Cl. The molecule has 5 nitrogen and oxygen atoms in total. The molecule has 7 heteroatoms. The number of hydrogen-bond donors (Lipinski definition) is 0. The van der Waals surface area contributed by atoms with Gasteiger partial charge in [0.2, 0.25) is 0 Å². The van der Waals surface area contributed by atoms with Crippen molar-refractivity contribution in [2.45, 2.75) is 12.8 Å². The number of aliphatic imine (C=N–C) groups is 1. The normalized spacial score (nSPS) is 20.0. The van der Waals surface area contributed by atoms with Crippen LogP contribution in [0, 0.1) is 17.2 Å². The van der Waals surface area contributed by atoms with Crippen LogP contribution in [0.1, 0.15) is 18.4 Å². The van der Waals surface area contributed by atoms with Crippen LogP contribution in [-0.4, -0.2) is 37.6 Å². The maximum Gasteiger partial charge on any atom is 0.336 e. The van der Waals surface area contributed by atoms with E-state index in [1.807, 2.05) is 24.5 Å². The van der Waals surface area contributed by atoms with Gasteiger partial charge in [-0.15, -0.1) is 11.8 Å². The molecule has 0 fully saturated rings. The number of allylic oxidation sites excluding steroid dienone is 1. The average Bonchev–Trinajstić information content (AvgIpc) is 2.61. The third kappa shape index (κ3) is 4.24. The number of esters is 1. The molecule has 0 aromatic heterocycles. The van der Waals surface area contributed by atoms with Crippen LogP contribution in [-0.2, 0) is 14.3 Å². The van der Waals surface area contributed by atoms with Crippen LogP contribution in [0.15, 0.2) is 40.5 Å². The molecule has 0 bridgehead atoms. The largest absolute Gasteiger partial charge is 0.460 e. The van der Waals surface area contributed by atoms with Gasteiger partial charge in [-0.1, -0.05) is 29.8 Å². The van der Waals surface area contributed by atoms with Gasteiger partial charge in [0.05, 0.1) is 23.3 Å². The molecule has 0 spiro atoms. The quantitative estimate of drug-likeness (QED) is 0.575. The third-order valence-corrected chi connectivity index (χ3v) is 5.01. The van der Waals surface area contributed by atoms with Crippen molar-refractivity contribution in [2.24, 2.45) is 10.9 Å². The Morgan fingerprint density at radius 2 is 2.12 bits per heavy atom. The van der Waals surface area contributed by atoms with Crippen LogP contribution >= 0.6 is 23.4 Å². The predicted molar refractivity (Wildman–Crippen MR) is 99.8 cm³/mol. The maximum atomic E-state index is 12.7. The second-order valence-corrected chi connectivity index (χ2v) is 6.62. The summed E-state index contributed by atoms with van der Waals surface area (Å²) in [5.74, 6) is -1.61. The second kappa shape index (κ2) is 9.04. The van der Waals surface area contributed by atoms with Crippen molar-refractivity contribution < 1.29 is 14.3 Å². The summed E-state index contributed by atoms with van der Waals surface area (Å²) < 4.78 is 10.2. The van der Waals surface area contributed by atoms with E-state index in [0.717, 1.165) is 5.56 Å². The molecule has 1 heterocycles. The minimum Gasteiger partial charge on any atom is -0.460 e. The van der Waals surface area contributed by atoms with E-state index < -0.39 is 17.8 Å². The Hall–Kier alpha value is -1.81. The molecule has 0 saturated carbocycles. The zero-order valence-electron chi connectivity index (χ0n) is 14.3. The molecule has 0 aliphatic carbocycles. The maximum absolute atomic E-state index is 12.7. The Balaban J connectivity index is 2.53. The first kappa shape index (κ1) is 19.5. The number of benzene rings is 1. The summed E-state index contributed by atoms with van der Waals surface area (Å²) in [6.07, 6.45) is 1.86. The van der Waals surface area contributed by atoms with Crippen molar-refractivity contribution in [3.63, 3.8) is 0 Å². The molecular formula is C18H19ClN2O3S. The van der Waals surface area contributed by atoms with Crippen molar-refractivity contribution in [3.05, 3.63) is 46.1 Å². The number of methoxy groups -OCH3 is 1. The molecule has 1 aromatic rings. The lowest BCUT2D eigenvalue weighted by Crippen LogP contribution is -2.30. The van der Waals surface area contributed by atoms with Crippen molar-refractivity contribution in [3.8, 4) is 6.07 Å². The Kier molecular flexibility index (Phi) is 7.06. The van der Waals surface area contributed by atoms with Gasteiger partial charge in [0.25, 0.3) is 0 Å². The molecule has 25 heavy (non-hydrogen) atoms. The fourth-order valence-electron chi connectivity index (χ4n) is 2.76. The topological polar surface area (TPSA) is 71.7 Å². The van der Waals surface area contributed by atoms with Gasteiger partial charge in [-0.25, -0.2) is 9.79 Å². The van der Waals surface area contributed by atoms with Crippen molar-refractivity contribution in [2.75, 3.05) is 26.6 Å². The summed E-state index contributed by atoms with van der Waals surface area (Å²) in [4.78, 5) is 17.1. The summed E-state index contributed by atoms with van der Waals surface area (Å²) >= 11 is 7.76. The highest BCUT2D eigenvalue weighted by atomic mass is 35.5. The van der Waals surface area contributed by atoms with E-state index >= 15 is 0 Å². The Bertz CT molecular complexity index is 755. The summed E-state index contributed by atoms with van der Waals surface area (Å²) in [6.45, 7) is 2.19. The van der Waals surface area contributed by atoms with Gasteiger partial charge < -0.3 is 9.47 Å². The van der Waals surface area contributed by atoms with Crippen LogP contribution in [0.2, 0.25) is 5.02 Å². The van der Waals surface area contributed by atoms with Gasteiger partial charge in [-0.3, -0.25) is 0 Å². The van der Waals surface area contributed by atoms with Gasteiger partial charge in [0.1, 0.15) is 12.5 Å². The van der Waals surface area contributed by atoms with Crippen LogP contribution < -0.4 is 0 Å². The highest BCUT2D eigenvalue weighted by Gasteiger charge is 2.39. The van der Waals surface area contributed by atoms with E-state index in [1.54, 1.807) is 13.0 Å². The zero-order chi connectivity index (χ0) is 18.4. The number of hydrogen-bond acceptors (Lipinski definition) is 6. The molecule has 0 N–H and O–H groups in total. The van der Waals surface area contributed by atoms with Gasteiger partial charge in [-0.2, -0.15) is 5.26 Å². The highest BCUT2D eigenvalue weighted by Crippen LogP contribution is 2.43.